The number of carbonyl (C=O) groups is 1. The summed E-state index contributed by atoms with van der Waals surface area (Å²) in [6.45, 7) is 5.67. The number of benzene rings is 2. The molecule has 4 aliphatic rings. The lowest BCUT2D eigenvalue weighted by atomic mass is 9.76. The molecule has 0 unspecified atom stereocenters. The molecule has 7 nitrogen and oxygen atoms in total. The second kappa shape index (κ2) is 9.83. The third kappa shape index (κ3) is 5.11. The molecule has 0 saturated heterocycles. The van der Waals surface area contributed by atoms with Crippen LogP contribution in [0.2, 0.25) is 0 Å². The molecule has 2 bridgehead atoms. The maximum atomic E-state index is 13.9. The van der Waals surface area contributed by atoms with Crippen molar-refractivity contribution in [3.05, 3.63) is 65.5 Å². The lowest BCUT2D eigenvalue weighted by Crippen LogP contribution is -2.57. The molecule has 216 valence electrons. The van der Waals surface area contributed by atoms with Crippen LogP contribution in [0.4, 0.5) is 17.6 Å². The van der Waals surface area contributed by atoms with Crippen LogP contribution in [0.1, 0.15) is 51.2 Å². The number of halogens is 4. The number of aliphatic imine (C=N–C) groups is 1. The average molecular weight is 581 g/mol. The summed E-state index contributed by atoms with van der Waals surface area (Å²) in [6, 6.07) is 8.97. The van der Waals surface area contributed by atoms with E-state index in [2.05, 4.69) is 15.6 Å². The SMILES string of the molecule is CC(C)NC(=O)[C@]1(C)CN=C([C@H]2CC3(N(Cc4ccc(C(F)(F)F)cc4)S(=O)(=O)c4ccc(F)cc4)CC2C3)N1. The Labute approximate surface area is 231 Å². The second-order valence-corrected chi connectivity index (χ2v) is 13.5. The number of hydrogen-bond donors (Lipinski definition) is 2. The summed E-state index contributed by atoms with van der Waals surface area (Å²) in [6.07, 6.45) is -2.96. The van der Waals surface area contributed by atoms with Crippen molar-refractivity contribution in [3.63, 3.8) is 0 Å². The van der Waals surface area contributed by atoms with Gasteiger partial charge in [-0.25, -0.2) is 12.8 Å². The van der Waals surface area contributed by atoms with Crippen molar-refractivity contribution < 1.29 is 30.8 Å². The van der Waals surface area contributed by atoms with Gasteiger partial charge in [0, 0.05) is 24.0 Å². The number of amidine groups is 1. The van der Waals surface area contributed by atoms with E-state index in [1.807, 2.05) is 13.8 Å². The first-order chi connectivity index (χ1) is 18.6. The zero-order valence-corrected chi connectivity index (χ0v) is 23.2. The fourth-order valence-corrected chi connectivity index (χ4v) is 7.93. The predicted octanol–water partition coefficient (Wildman–Crippen LogP) is 4.49. The Morgan fingerprint density at radius 2 is 1.73 bits per heavy atom. The minimum absolute atomic E-state index is 0.0341. The molecule has 6 rings (SSSR count). The Morgan fingerprint density at radius 3 is 2.30 bits per heavy atom. The Balaban J connectivity index is 1.42. The van der Waals surface area contributed by atoms with Gasteiger partial charge in [0.25, 0.3) is 0 Å². The van der Waals surface area contributed by atoms with E-state index in [-0.39, 0.29) is 41.8 Å². The van der Waals surface area contributed by atoms with Gasteiger partial charge < -0.3 is 10.6 Å². The van der Waals surface area contributed by atoms with Gasteiger partial charge >= 0.3 is 6.18 Å². The molecule has 0 radical (unpaired) electrons. The molecule has 2 atom stereocenters. The molecule has 0 spiro atoms. The van der Waals surface area contributed by atoms with Crippen molar-refractivity contribution in [1.82, 2.24) is 14.9 Å². The molecule has 3 fully saturated rings. The minimum Gasteiger partial charge on any atom is -0.358 e. The summed E-state index contributed by atoms with van der Waals surface area (Å²) in [4.78, 5) is 17.3. The highest BCUT2D eigenvalue weighted by atomic mass is 32.2. The number of carbonyl (C=O) groups excluding carboxylic acids is 1. The van der Waals surface area contributed by atoms with Gasteiger partial charge in [-0.3, -0.25) is 9.79 Å². The number of rotatable bonds is 8. The van der Waals surface area contributed by atoms with Gasteiger partial charge in [-0.05, 0) is 87.9 Å². The van der Waals surface area contributed by atoms with E-state index in [1.54, 1.807) is 6.92 Å². The molecule has 1 amide bonds. The Morgan fingerprint density at radius 1 is 1.10 bits per heavy atom. The molecule has 2 aromatic carbocycles. The number of amides is 1. The average Bonchev–Trinajstić information content (AvgIpc) is 3.54. The van der Waals surface area contributed by atoms with E-state index in [9.17, 15) is 30.8 Å². The lowest BCUT2D eigenvalue weighted by Gasteiger charge is -2.46. The van der Waals surface area contributed by atoms with E-state index in [4.69, 9.17) is 0 Å². The van der Waals surface area contributed by atoms with Gasteiger partial charge in [0.2, 0.25) is 15.9 Å². The lowest BCUT2D eigenvalue weighted by molar-refractivity contribution is -0.137. The molecule has 40 heavy (non-hydrogen) atoms. The van der Waals surface area contributed by atoms with Crippen molar-refractivity contribution in [2.45, 2.75) is 74.8 Å². The quantitative estimate of drug-likeness (QED) is 0.451. The van der Waals surface area contributed by atoms with Crippen LogP contribution in [-0.2, 0) is 27.5 Å². The maximum Gasteiger partial charge on any atom is 0.416 e. The number of fused-ring (bicyclic) bond motifs is 1. The highest BCUT2D eigenvalue weighted by Crippen LogP contribution is 2.60. The van der Waals surface area contributed by atoms with Gasteiger partial charge in [-0.2, -0.15) is 17.5 Å². The van der Waals surface area contributed by atoms with Gasteiger partial charge in [0.05, 0.1) is 17.0 Å². The molecule has 3 aliphatic carbocycles. The summed E-state index contributed by atoms with van der Waals surface area (Å²) in [7, 11) is -4.14. The third-order valence-electron chi connectivity index (χ3n) is 8.23. The normalized spacial score (nSPS) is 27.9. The van der Waals surface area contributed by atoms with Crippen molar-refractivity contribution in [1.29, 1.82) is 0 Å². The zero-order valence-electron chi connectivity index (χ0n) is 22.4. The molecule has 12 heteroatoms. The topological polar surface area (TPSA) is 90.9 Å². The predicted molar refractivity (Wildman–Crippen MR) is 141 cm³/mol. The number of sulfonamides is 1. The molecule has 0 aromatic heterocycles. The molecule has 1 heterocycles. The number of hydrogen-bond acceptors (Lipinski definition) is 5. The number of nitrogens with zero attached hydrogens (tertiary/aromatic N) is 2. The fraction of sp³-hybridized carbons (Fsp3) is 0.500. The smallest absolute Gasteiger partial charge is 0.358 e. The van der Waals surface area contributed by atoms with Gasteiger partial charge in [0.1, 0.15) is 17.2 Å². The van der Waals surface area contributed by atoms with Crippen LogP contribution in [0.5, 0.6) is 0 Å². The molecule has 1 aliphatic heterocycles. The van der Waals surface area contributed by atoms with Crippen molar-refractivity contribution in [2.75, 3.05) is 6.54 Å². The van der Waals surface area contributed by atoms with Gasteiger partial charge in [-0.1, -0.05) is 12.1 Å². The molecular weight excluding hydrogens is 548 g/mol. The Bertz CT molecular complexity index is 1420. The van der Waals surface area contributed by atoms with Crippen LogP contribution in [0.3, 0.4) is 0 Å². The van der Waals surface area contributed by atoms with Crippen LogP contribution in [0.15, 0.2) is 58.4 Å². The largest absolute Gasteiger partial charge is 0.416 e. The highest BCUT2D eigenvalue weighted by molar-refractivity contribution is 7.89. The molecule has 3 saturated carbocycles. The minimum atomic E-state index is -4.51. The maximum absolute atomic E-state index is 13.9. The van der Waals surface area contributed by atoms with E-state index in [1.165, 1.54) is 28.6 Å². The summed E-state index contributed by atoms with van der Waals surface area (Å²) in [5, 5.41) is 6.20. The van der Waals surface area contributed by atoms with Crippen LogP contribution in [0, 0.1) is 17.7 Å². The number of nitrogens with one attached hydrogen (secondary N) is 2. The first-order valence-electron chi connectivity index (χ1n) is 13.2. The molecular formula is C28H32F4N4O3S. The first kappa shape index (κ1) is 28.5. The third-order valence-corrected chi connectivity index (χ3v) is 10.2. The monoisotopic (exact) mass is 580 g/mol. The first-order valence-corrected chi connectivity index (χ1v) is 14.7. The van der Waals surface area contributed by atoms with E-state index < -0.39 is 38.7 Å². The van der Waals surface area contributed by atoms with Crippen LogP contribution >= 0.6 is 0 Å². The van der Waals surface area contributed by atoms with E-state index in [0.29, 0.717) is 30.7 Å². The second-order valence-electron chi connectivity index (χ2n) is 11.7. The van der Waals surface area contributed by atoms with Crippen LogP contribution in [0.25, 0.3) is 0 Å². The summed E-state index contributed by atoms with van der Waals surface area (Å²) >= 11 is 0. The van der Waals surface area contributed by atoms with E-state index in [0.717, 1.165) is 24.3 Å². The van der Waals surface area contributed by atoms with Crippen molar-refractivity contribution in [3.8, 4) is 0 Å². The zero-order chi connectivity index (χ0) is 29.1. The summed E-state index contributed by atoms with van der Waals surface area (Å²) in [5.74, 6) is -0.0121. The fourth-order valence-electron chi connectivity index (χ4n) is 6.14. The summed E-state index contributed by atoms with van der Waals surface area (Å²) in [5.41, 5.74) is -2.09. The standard InChI is InChI=1S/C28H32F4N4O3S/c1-17(2)34-25(37)26(3)16-33-24(35-26)23-14-27(12-19(23)13-27)36(40(38,39)22-10-8-21(29)9-11-22)15-18-4-6-20(7-5-18)28(30,31)32/h4-11,17,19,23H,12-16H2,1-3H3,(H,33,35)(H,34,37)/t19?,23-,26-,27?/m0/s1. The van der Waals surface area contributed by atoms with Crippen LogP contribution < -0.4 is 10.6 Å². The van der Waals surface area contributed by atoms with Crippen molar-refractivity contribution in [2.24, 2.45) is 16.8 Å². The van der Waals surface area contributed by atoms with E-state index >= 15 is 0 Å². The summed E-state index contributed by atoms with van der Waals surface area (Å²) < 4.78 is 82.2. The Hall–Kier alpha value is -2.99. The van der Waals surface area contributed by atoms with Crippen molar-refractivity contribution >= 4 is 21.8 Å². The van der Waals surface area contributed by atoms with Crippen LogP contribution in [-0.4, -0.2) is 48.1 Å². The van der Waals surface area contributed by atoms with Gasteiger partial charge in [-0.15, -0.1) is 0 Å². The molecule has 2 N–H and O–H groups in total. The Kier molecular flexibility index (Phi) is 7.01. The highest BCUT2D eigenvalue weighted by Gasteiger charge is 2.63. The number of alkyl halides is 3. The molecule has 2 aromatic rings. The van der Waals surface area contributed by atoms with Gasteiger partial charge in [0.15, 0.2) is 0 Å².